The molecule has 0 saturated heterocycles. The van der Waals surface area contributed by atoms with Crippen LogP contribution in [0.2, 0.25) is 0 Å². The Labute approximate surface area is 139 Å². The molecule has 0 aliphatic heterocycles. The van der Waals surface area contributed by atoms with E-state index in [1.807, 2.05) is 36.6 Å². The maximum Gasteiger partial charge on any atom is 0.176 e. The molecule has 2 aromatic carbocycles. The molecule has 3 aromatic rings. The number of rotatable bonds is 5. The third kappa shape index (κ3) is 2.84. The molecule has 4 nitrogen and oxygen atoms in total. The van der Waals surface area contributed by atoms with Crippen LogP contribution in [0.15, 0.2) is 45.7 Å². The fraction of sp³-hybridized carbons (Fsp3) is 0.222. The van der Waals surface area contributed by atoms with Crippen molar-refractivity contribution in [2.24, 2.45) is 0 Å². The Morgan fingerprint density at radius 1 is 0.870 bits per heavy atom. The normalized spacial score (nSPS) is 10.8. The van der Waals surface area contributed by atoms with Crippen molar-refractivity contribution in [2.45, 2.75) is 4.90 Å². The first-order valence-electron chi connectivity index (χ1n) is 7.08. The molecule has 23 heavy (non-hydrogen) atoms. The van der Waals surface area contributed by atoms with Crippen LogP contribution in [0, 0.1) is 0 Å². The second kappa shape index (κ2) is 6.46. The fourth-order valence-electron chi connectivity index (χ4n) is 2.50. The van der Waals surface area contributed by atoms with Crippen LogP contribution in [0.4, 0.5) is 0 Å². The minimum Gasteiger partial charge on any atom is -0.497 e. The maximum absolute atomic E-state index is 6.05. The van der Waals surface area contributed by atoms with Gasteiger partial charge in [0.2, 0.25) is 0 Å². The number of methoxy groups -OCH3 is 3. The van der Waals surface area contributed by atoms with Gasteiger partial charge in [-0.3, -0.25) is 0 Å². The van der Waals surface area contributed by atoms with Gasteiger partial charge in [0.05, 0.1) is 26.9 Å². The van der Waals surface area contributed by atoms with E-state index in [0.29, 0.717) is 5.76 Å². The lowest BCUT2D eigenvalue weighted by molar-refractivity contribution is 0.402. The molecule has 3 rings (SSSR count). The highest BCUT2D eigenvalue weighted by atomic mass is 32.2. The zero-order valence-corrected chi connectivity index (χ0v) is 14.3. The number of thioether (sulfide) groups is 1. The van der Waals surface area contributed by atoms with Crippen molar-refractivity contribution in [3.8, 4) is 28.6 Å². The molecule has 0 unspecified atom stereocenters. The van der Waals surface area contributed by atoms with Gasteiger partial charge in [-0.2, -0.15) is 0 Å². The molecule has 0 aliphatic carbocycles. The van der Waals surface area contributed by atoms with Crippen molar-refractivity contribution in [2.75, 3.05) is 27.6 Å². The van der Waals surface area contributed by atoms with Crippen molar-refractivity contribution in [3.05, 3.63) is 36.4 Å². The van der Waals surface area contributed by atoms with Gasteiger partial charge >= 0.3 is 0 Å². The summed E-state index contributed by atoms with van der Waals surface area (Å²) in [6.07, 6.45) is 2.03. The number of furan rings is 1. The van der Waals surface area contributed by atoms with Gasteiger partial charge < -0.3 is 18.6 Å². The van der Waals surface area contributed by atoms with Crippen LogP contribution < -0.4 is 14.2 Å². The molecule has 0 aliphatic rings. The summed E-state index contributed by atoms with van der Waals surface area (Å²) in [5.74, 6) is 2.92. The Morgan fingerprint density at radius 3 is 2.30 bits per heavy atom. The van der Waals surface area contributed by atoms with E-state index in [4.69, 9.17) is 18.6 Å². The highest BCUT2D eigenvalue weighted by Gasteiger charge is 2.16. The molecule has 0 N–H and O–H groups in total. The summed E-state index contributed by atoms with van der Waals surface area (Å²) < 4.78 is 22.3. The van der Waals surface area contributed by atoms with E-state index in [9.17, 15) is 0 Å². The summed E-state index contributed by atoms with van der Waals surface area (Å²) in [7, 11) is 4.92. The van der Waals surface area contributed by atoms with E-state index < -0.39 is 0 Å². The first-order valence-corrected chi connectivity index (χ1v) is 8.30. The van der Waals surface area contributed by atoms with Gasteiger partial charge in [0.25, 0.3) is 0 Å². The summed E-state index contributed by atoms with van der Waals surface area (Å²) in [5.41, 5.74) is 1.57. The second-order valence-electron chi connectivity index (χ2n) is 4.92. The first kappa shape index (κ1) is 15.6. The van der Waals surface area contributed by atoms with E-state index in [2.05, 4.69) is 6.07 Å². The van der Waals surface area contributed by atoms with Crippen molar-refractivity contribution in [3.63, 3.8) is 0 Å². The molecular formula is C18H18O4S. The summed E-state index contributed by atoms with van der Waals surface area (Å²) in [4.78, 5) is 1.12. The number of ether oxygens (including phenoxy) is 3. The molecule has 0 spiro atoms. The first-order chi connectivity index (χ1) is 11.2. The quantitative estimate of drug-likeness (QED) is 0.626. The predicted molar refractivity (Wildman–Crippen MR) is 93.1 cm³/mol. The molecule has 1 heterocycles. The number of fused-ring (bicyclic) bond motifs is 1. The Balaban J connectivity index is 2.21. The van der Waals surface area contributed by atoms with Gasteiger partial charge in [-0.25, -0.2) is 0 Å². The van der Waals surface area contributed by atoms with Crippen LogP contribution in [-0.2, 0) is 0 Å². The van der Waals surface area contributed by atoms with Crippen LogP contribution in [0.5, 0.6) is 17.2 Å². The zero-order chi connectivity index (χ0) is 16.4. The summed E-state index contributed by atoms with van der Waals surface area (Å²) in [6.45, 7) is 0. The molecule has 0 atom stereocenters. The Bertz CT molecular complexity index is 838. The third-order valence-corrected chi connectivity index (χ3v) is 4.39. The third-order valence-electron chi connectivity index (χ3n) is 3.68. The highest BCUT2D eigenvalue weighted by Crippen LogP contribution is 2.40. The minimum absolute atomic E-state index is 0.715. The van der Waals surface area contributed by atoms with E-state index in [1.165, 1.54) is 0 Å². The van der Waals surface area contributed by atoms with Gasteiger partial charge in [0.1, 0.15) is 17.3 Å². The van der Waals surface area contributed by atoms with Crippen LogP contribution >= 0.6 is 11.8 Å². The average molecular weight is 330 g/mol. The van der Waals surface area contributed by atoms with Crippen LogP contribution in [-0.4, -0.2) is 27.6 Å². The van der Waals surface area contributed by atoms with Crippen molar-refractivity contribution < 1.29 is 18.6 Å². The number of hydrogen-bond donors (Lipinski definition) is 0. The Morgan fingerprint density at radius 2 is 1.65 bits per heavy atom. The molecule has 0 bridgehead atoms. The monoisotopic (exact) mass is 330 g/mol. The van der Waals surface area contributed by atoms with Gasteiger partial charge in [0.15, 0.2) is 11.3 Å². The van der Waals surface area contributed by atoms with Gasteiger partial charge in [-0.1, -0.05) is 0 Å². The van der Waals surface area contributed by atoms with Gasteiger partial charge in [-0.05, 0) is 42.7 Å². The highest BCUT2D eigenvalue weighted by molar-refractivity contribution is 7.98. The van der Waals surface area contributed by atoms with Gasteiger partial charge in [0, 0.05) is 10.3 Å². The second-order valence-corrected chi connectivity index (χ2v) is 5.80. The molecule has 0 radical (unpaired) electrons. The van der Waals surface area contributed by atoms with Crippen LogP contribution in [0.25, 0.3) is 22.3 Å². The minimum atomic E-state index is 0.715. The van der Waals surface area contributed by atoms with E-state index in [-0.39, 0.29) is 0 Å². The van der Waals surface area contributed by atoms with E-state index in [0.717, 1.165) is 38.7 Å². The van der Waals surface area contributed by atoms with E-state index >= 15 is 0 Å². The maximum atomic E-state index is 6.05. The standard InChI is InChI=1S/C18H18O4S/c1-19-12-5-6-15(20-2)14(9-12)16-8-11-7-13(23-4)10-17(21-3)18(11)22-16/h5-10H,1-4H3. The van der Waals surface area contributed by atoms with Gasteiger partial charge in [-0.15, -0.1) is 11.8 Å². The molecule has 0 fully saturated rings. The van der Waals surface area contributed by atoms with Crippen LogP contribution in [0.3, 0.4) is 0 Å². The topological polar surface area (TPSA) is 40.8 Å². The lowest BCUT2D eigenvalue weighted by Gasteiger charge is -2.08. The van der Waals surface area contributed by atoms with Crippen LogP contribution in [0.1, 0.15) is 0 Å². The van der Waals surface area contributed by atoms with Crippen molar-refractivity contribution >= 4 is 22.7 Å². The smallest absolute Gasteiger partial charge is 0.176 e. The lowest BCUT2D eigenvalue weighted by Crippen LogP contribution is -1.89. The lowest BCUT2D eigenvalue weighted by atomic mass is 10.1. The average Bonchev–Trinajstić information content (AvgIpc) is 3.03. The SMILES string of the molecule is COc1ccc(OC)c(-c2cc3cc(SC)cc(OC)c3o2)c1. The molecule has 120 valence electrons. The molecule has 1 aromatic heterocycles. The van der Waals surface area contributed by atoms with Crippen molar-refractivity contribution in [1.82, 2.24) is 0 Å². The number of benzene rings is 2. The van der Waals surface area contributed by atoms with Crippen molar-refractivity contribution in [1.29, 1.82) is 0 Å². The predicted octanol–water partition coefficient (Wildman–Crippen LogP) is 4.85. The summed E-state index contributed by atoms with van der Waals surface area (Å²) in [6, 6.07) is 11.7. The summed E-state index contributed by atoms with van der Waals surface area (Å²) in [5, 5.41) is 0.994. The molecule has 5 heteroatoms. The molecular weight excluding hydrogens is 312 g/mol. The largest absolute Gasteiger partial charge is 0.497 e. The molecule has 0 saturated carbocycles. The number of hydrogen-bond acceptors (Lipinski definition) is 5. The Kier molecular flexibility index (Phi) is 4.39. The zero-order valence-electron chi connectivity index (χ0n) is 13.5. The summed E-state index contributed by atoms with van der Waals surface area (Å²) >= 11 is 1.67. The Hall–Kier alpha value is -2.27. The van der Waals surface area contributed by atoms with E-state index in [1.54, 1.807) is 33.1 Å². The fourth-order valence-corrected chi connectivity index (χ4v) is 2.97. The molecule has 0 amide bonds.